The lowest BCUT2D eigenvalue weighted by Crippen LogP contribution is -2.19. The third-order valence-corrected chi connectivity index (χ3v) is 10.3. The van der Waals surface area contributed by atoms with Gasteiger partial charge in [0.25, 0.3) is 0 Å². The minimum Gasteiger partial charge on any atom is -0.294 e. The van der Waals surface area contributed by atoms with Gasteiger partial charge in [0.2, 0.25) is 0 Å². The maximum Gasteiger partial charge on any atom is 0.198 e. The molecular formula is C19H18ClNO4S3. The van der Waals surface area contributed by atoms with E-state index in [1.807, 2.05) is 0 Å². The SMILES string of the molecule is CSC1Cc2c(ccc(C(=O)C3=C(SCCC#N)CCCC3=O)c2Cl)S1(=O)=O. The molecule has 0 fully saturated rings. The summed E-state index contributed by atoms with van der Waals surface area (Å²) in [7, 11) is -3.47. The van der Waals surface area contributed by atoms with Crippen LogP contribution in [0.25, 0.3) is 0 Å². The Morgan fingerprint density at radius 1 is 1.36 bits per heavy atom. The van der Waals surface area contributed by atoms with Crippen molar-refractivity contribution in [2.45, 2.75) is 41.6 Å². The van der Waals surface area contributed by atoms with Gasteiger partial charge in [0.15, 0.2) is 21.4 Å². The number of hydrogen-bond donors (Lipinski definition) is 0. The van der Waals surface area contributed by atoms with Crippen molar-refractivity contribution in [1.82, 2.24) is 0 Å². The molecule has 1 aliphatic heterocycles. The molecule has 0 N–H and O–H groups in total. The summed E-state index contributed by atoms with van der Waals surface area (Å²) in [5.74, 6) is -0.162. The van der Waals surface area contributed by atoms with Crippen LogP contribution in [-0.4, -0.2) is 36.6 Å². The van der Waals surface area contributed by atoms with Gasteiger partial charge in [-0.1, -0.05) is 11.6 Å². The monoisotopic (exact) mass is 455 g/mol. The predicted octanol–water partition coefficient (Wildman–Crippen LogP) is 4.20. The zero-order valence-electron chi connectivity index (χ0n) is 15.2. The van der Waals surface area contributed by atoms with Gasteiger partial charge < -0.3 is 0 Å². The fourth-order valence-corrected chi connectivity index (χ4v) is 8.01. The number of fused-ring (bicyclic) bond motifs is 1. The van der Waals surface area contributed by atoms with Gasteiger partial charge in [0.1, 0.15) is 4.58 Å². The van der Waals surface area contributed by atoms with E-state index in [-0.39, 0.29) is 33.3 Å². The first-order valence-corrected chi connectivity index (χ1v) is 12.9. The van der Waals surface area contributed by atoms with E-state index in [4.69, 9.17) is 16.9 Å². The summed E-state index contributed by atoms with van der Waals surface area (Å²) in [5.41, 5.74) is 0.758. The number of hydrogen-bond acceptors (Lipinski definition) is 7. The third-order valence-electron chi connectivity index (χ3n) is 4.81. The molecule has 9 heteroatoms. The van der Waals surface area contributed by atoms with E-state index in [9.17, 15) is 18.0 Å². The summed E-state index contributed by atoms with van der Waals surface area (Å²) in [5, 5.41) is 8.85. The second-order valence-corrected chi connectivity index (χ2v) is 11.5. The highest BCUT2D eigenvalue weighted by Crippen LogP contribution is 2.42. The molecule has 0 spiro atoms. The molecule has 0 radical (unpaired) electrons. The van der Waals surface area contributed by atoms with Crippen LogP contribution >= 0.6 is 35.1 Å². The van der Waals surface area contributed by atoms with E-state index in [1.165, 1.54) is 35.7 Å². The number of nitriles is 1. The predicted molar refractivity (Wildman–Crippen MR) is 113 cm³/mol. The normalized spacial score (nSPS) is 20.8. The van der Waals surface area contributed by atoms with Gasteiger partial charge in [-0.2, -0.15) is 5.26 Å². The molecule has 0 amide bonds. The van der Waals surface area contributed by atoms with Crippen molar-refractivity contribution in [2.75, 3.05) is 12.0 Å². The van der Waals surface area contributed by atoms with Crippen molar-refractivity contribution in [1.29, 1.82) is 5.26 Å². The molecule has 1 unspecified atom stereocenters. The molecule has 148 valence electrons. The van der Waals surface area contributed by atoms with Crippen molar-refractivity contribution in [2.24, 2.45) is 0 Å². The Morgan fingerprint density at radius 2 is 2.11 bits per heavy atom. The number of benzene rings is 1. The summed E-state index contributed by atoms with van der Waals surface area (Å²) in [4.78, 5) is 26.6. The second-order valence-electron chi connectivity index (χ2n) is 6.48. The fourth-order valence-electron chi connectivity index (χ4n) is 3.43. The van der Waals surface area contributed by atoms with Gasteiger partial charge in [-0.05, 0) is 41.7 Å². The van der Waals surface area contributed by atoms with Crippen LogP contribution in [0.15, 0.2) is 27.5 Å². The number of nitrogens with zero attached hydrogens (tertiary/aromatic N) is 1. The van der Waals surface area contributed by atoms with Crippen LogP contribution in [-0.2, 0) is 21.1 Å². The van der Waals surface area contributed by atoms with Gasteiger partial charge in [-0.25, -0.2) is 8.42 Å². The topological polar surface area (TPSA) is 92.1 Å². The Bertz CT molecular complexity index is 1020. The van der Waals surface area contributed by atoms with Crippen molar-refractivity contribution in [3.63, 3.8) is 0 Å². The first-order valence-electron chi connectivity index (χ1n) is 8.71. The Hall–Kier alpha value is -1.27. The van der Waals surface area contributed by atoms with E-state index >= 15 is 0 Å². The van der Waals surface area contributed by atoms with Crippen molar-refractivity contribution >= 4 is 56.5 Å². The molecule has 0 aromatic heterocycles. The number of carbonyl (C=O) groups excluding carboxylic acids is 2. The maximum absolute atomic E-state index is 13.2. The summed E-state index contributed by atoms with van der Waals surface area (Å²) >= 11 is 9.06. The molecule has 0 bridgehead atoms. The molecule has 28 heavy (non-hydrogen) atoms. The van der Waals surface area contributed by atoms with Gasteiger partial charge >= 0.3 is 0 Å². The minimum atomic E-state index is -3.47. The van der Waals surface area contributed by atoms with E-state index in [2.05, 4.69) is 6.07 Å². The van der Waals surface area contributed by atoms with Crippen LogP contribution in [0.5, 0.6) is 0 Å². The van der Waals surface area contributed by atoms with Gasteiger partial charge in [-0.3, -0.25) is 9.59 Å². The average Bonchev–Trinajstić information content (AvgIpc) is 2.93. The Morgan fingerprint density at radius 3 is 2.79 bits per heavy atom. The molecule has 1 atom stereocenters. The summed E-state index contributed by atoms with van der Waals surface area (Å²) < 4.78 is 24.5. The summed E-state index contributed by atoms with van der Waals surface area (Å²) in [6, 6.07) is 4.90. The number of halogens is 1. The standard InChI is InChI=1S/C19H18ClNO4S3/c1-26-16-10-12-15(28(16,24)25)7-6-11(18(12)20)19(23)17-13(22)4-2-5-14(17)27-9-3-8-21/h6-7,16H,2-5,9-10H2,1H3. The third kappa shape index (κ3) is 3.78. The van der Waals surface area contributed by atoms with E-state index in [0.717, 1.165) is 0 Å². The maximum atomic E-state index is 13.2. The Labute approximate surface area is 177 Å². The number of sulfone groups is 1. The smallest absolute Gasteiger partial charge is 0.198 e. The van der Waals surface area contributed by atoms with Crippen LogP contribution in [0.3, 0.4) is 0 Å². The number of rotatable bonds is 6. The lowest BCUT2D eigenvalue weighted by atomic mass is 9.91. The van der Waals surface area contributed by atoms with Crippen LogP contribution in [0.1, 0.15) is 41.6 Å². The molecule has 1 heterocycles. The van der Waals surface area contributed by atoms with Crippen LogP contribution in [0.2, 0.25) is 5.02 Å². The Kier molecular flexibility index (Phi) is 6.60. The first kappa shape index (κ1) is 21.4. The largest absolute Gasteiger partial charge is 0.294 e. The molecule has 1 aromatic rings. The zero-order chi connectivity index (χ0) is 20.5. The van der Waals surface area contributed by atoms with Crippen LogP contribution in [0, 0.1) is 11.3 Å². The first-order chi connectivity index (χ1) is 13.3. The van der Waals surface area contributed by atoms with E-state index in [1.54, 1.807) is 6.26 Å². The lowest BCUT2D eigenvalue weighted by Gasteiger charge is -2.18. The van der Waals surface area contributed by atoms with Crippen LogP contribution < -0.4 is 0 Å². The van der Waals surface area contributed by atoms with Gasteiger partial charge in [0.05, 0.1) is 21.6 Å². The molecule has 1 aliphatic carbocycles. The van der Waals surface area contributed by atoms with Crippen LogP contribution in [0.4, 0.5) is 0 Å². The van der Waals surface area contributed by atoms with E-state index < -0.39 is 20.2 Å². The highest BCUT2D eigenvalue weighted by atomic mass is 35.5. The second kappa shape index (κ2) is 8.62. The number of Topliss-reactive ketones (excluding diaryl/α,β-unsaturated/α-hetero) is 2. The quantitative estimate of drug-likeness (QED) is 0.360. The fraction of sp³-hybridized carbons (Fsp3) is 0.421. The summed E-state index contributed by atoms with van der Waals surface area (Å²) in [6.07, 6.45) is 3.90. The van der Waals surface area contributed by atoms with E-state index in [0.29, 0.717) is 41.9 Å². The molecule has 2 aliphatic rings. The zero-order valence-corrected chi connectivity index (χ0v) is 18.4. The van der Waals surface area contributed by atoms with Gasteiger partial charge in [-0.15, -0.1) is 23.5 Å². The molecule has 0 saturated heterocycles. The minimum absolute atomic E-state index is 0.120. The Balaban J connectivity index is 2.03. The number of ketones is 2. The lowest BCUT2D eigenvalue weighted by molar-refractivity contribution is -0.115. The molecule has 1 aromatic carbocycles. The molecule has 0 saturated carbocycles. The molecule has 5 nitrogen and oxygen atoms in total. The number of carbonyl (C=O) groups is 2. The van der Waals surface area contributed by atoms with Crippen molar-refractivity contribution in [3.8, 4) is 6.07 Å². The molecular weight excluding hydrogens is 438 g/mol. The highest BCUT2D eigenvalue weighted by molar-refractivity contribution is 8.13. The highest BCUT2D eigenvalue weighted by Gasteiger charge is 2.39. The average molecular weight is 456 g/mol. The van der Waals surface area contributed by atoms with Crippen molar-refractivity contribution in [3.05, 3.63) is 38.8 Å². The summed E-state index contributed by atoms with van der Waals surface area (Å²) in [6.45, 7) is 0. The molecule has 3 rings (SSSR count). The van der Waals surface area contributed by atoms with Gasteiger partial charge in [0, 0.05) is 30.6 Å². The van der Waals surface area contributed by atoms with Crippen molar-refractivity contribution < 1.29 is 18.0 Å². The number of thioether (sulfide) groups is 2. The number of allylic oxidation sites excluding steroid dienone is 2.